The summed E-state index contributed by atoms with van der Waals surface area (Å²) in [5.41, 5.74) is 0.490. The summed E-state index contributed by atoms with van der Waals surface area (Å²) in [6.45, 7) is 4.65. The maximum Gasteiger partial charge on any atom is 0.253 e. The van der Waals surface area contributed by atoms with E-state index in [4.69, 9.17) is 0 Å². The first-order chi connectivity index (χ1) is 9.47. The Morgan fingerprint density at radius 3 is 2.75 bits per heavy atom. The number of anilines is 1. The van der Waals surface area contributed by atoms with E-state index >= 15 is 0 Å². The van der Waals surface area contributed by atoms with Crippen LogP contribution >= 0.6 is 0 Å². The average Bonchev–Trinajstić information content (AvgIpc) is 2.42. The summed E-state index contributed by atoms with van der Waals surface area (Å²) in [6, 6.07) is 4.39. The van der Waals surface area contributed by atoms with Crippen LogP contribution in [0.5, 0.6) is 0 Å². The van der Waals surface area contributed by atoms with E-state index in [2.05, 4.69) is 10.6 Å². The molecule has 0 heterocycles. The summed E-state index contributed by atoms with van der Waals surface area (Å²) in [5.74, 6) is -0.807. The van der Waals surface area contributed by atoms with Gasteiger partial charge in [0.1, 0.15) is 5.82 Å². The third kappa shape index (κ3) is 4.59. The quantitative estimate of drug-likeness (QED) is 0.811. The van der Waals surface area contributed by atoms with Gasteiger partial charge in [-0.15, -0.1) is 0 Å². The van der Waals surface area contributed by atoms with Crippen molar-refractivity contribution < 1.29 is 13.4 Å². The maximum absolute atomic E-state index is 13.8. The second kappa shape index (κ2) is 7.99. The third-order valence-corrected chi connectivity index (χ3v) is 4.23. The van der Waals surface area contributed by atoms with Crippen LogP contribution in [0.25, 0.3) is 0 Å². The van der Waals surface area contributed by atoms with Gasteiger partial charge in [-0.2, -0.15) is 0 Å². The molecule has 112 valence electrons. The van der Waals surface area contributed by atoms with Crippen LogP contribution in [0.3, 0.4) is 0 Å². The van der Waals surface area contributed by atoms with Gasteiger partial charge < -0.3 is 10.6 Å². The van der Waals surface area contributed by atoms with E-state index in [1.54, 1.807) is 19.2 Å². The van der Waals surface area contributed by atoms with Crippen LogP contribution in [0.4, 0.5) is 10.1 Å². The van der Waals surface area contributed by atoms with E-state index in [9.17, 15) is 13.4 Å². The molecular weight excluding hydrogens is 279 g/mol. The first kappa shape index (κ1) is 16.6. The van der Waals surface area contributed by atoms with Crippen molar-refractivity contribution in [3.8, 4) is 0 Å². The van der Waals surface area contributed by atoms with Gasteiger partial charge >= 0.3 is 0 Å². The minimum absolute atomic E-state index is 0.139. The Morgan fingerprint density at radius 2 is 2.15 bits per heavy atom. The molecule has 4 nitrogen and oxygen atoms in total. The topological polar surface area (TPSA) is 58.2 Å². The van der Waals surface area contributed by atoms with Crippen LogP contribution in [0.2, 0.25) is 0 Å². The SMILES string of the molecule is CCCNc1c(F)cccc1C(=O)NCC(C)S(C)=O. The van der Waals surface area contributed by atoms with Crippen LogP contribution in [0, 0.1) is 5.82 Å². The van der Waals surface area contributed by atoms with Crippen LogP contribution in [0.15, 0.2) is 18.2 Å². The van der Waals surface area contributed by atoms with E-state index in [0.29, 0.717) is 13.1 Å². The number of carbonyl (C=O) groups excluding carboxylic acids is 1. The van der Waals surface area contributed by atoms with Crippen LogP contribution < -0.4 is 10.6 Å². The summed E-state index contributed by atoms with van der Waals surface area (Å²) in [6.07, 6.45) is 2.43. The first-order valence-corrected chi connectivity index (χ1v) is 8.22. The fourth-order valence-corrected chi connectivity index (χ4v) is 1.91. The number of rotatable bonds is 7. The van der Waals surface area contributed by atoms with Crippen molar-refractivity contribution in [3.63, 3.8) is 0 Å². The predicted molar refractivity (Wildman–Crippen MR) is 81.0 cm³/mol. The number of benzene rings is 1. The molecule has 0 spiro atoms. The van der Waals surface area contributed by atoms with E-state index in [1.807, 2.05) is 6.92 Å². The third-order valence-electron chi connectivity index (χ3n) is 2.93. The Morgan fingerprint density at radius 1 is 1.45 bits per heavy atom. The number of carbonyl (C=O) groups is 1. The van der Waals surface area contributed by atoms with Crippen molar-refractivity contribution in [1.29, 1.82) is 0 Å². The predicted octanol–water partition coefficient (Wildman–Crippen LogP) is 2.14. The molecule has 0 aliphatic carbocycles. The minimum Gasteiger partial charge on any atom is -0.382 e. The molecule has 0 fully saturated rings. The van der Waals surface area contributed by atoms with Crippen molar-refractivity contribution in [2.24, 2.45) is 0 Å². The van der Waals surface area contributed by atoms with Gasteiger partial charge in [0.25, 0.3) is 5.91 Å². The standard InChI is InChI=1S/C14H21FN2O2S/c1-4-8-16-13-11(6-5-7-12(13)15)14(18)17-9-10(2)20(3)19/h5-7,10,16H,4,8-9H2,1-3H3,(H,17,18). The molecule has 2 unspecified atom stereocenters. The number of hydrogen-bond acceptors (Lipinski definition) is 3. The number of nitrogens with one attached hydrogen (secondary N) is 2. The molecule has 0 aromatic heterocycles. The molecule has 1 amide bonds. The van der Waals surface area contributed by atoms with Gasteiger partial charge in [0.05, 0.1) is 11.3 Å². The molecule has 0 radical (unpaired) electrons. The van der Waals surface area contributed by atoms with Crippen LogP contribution in [-0.2, 0) is 10.8 Å². The second-order valence-corrected chi connectivity index (χ2v) is 6.41. The van der Waals surface area contributed by atoms with Crippen molar-refractivity contribution in [3.05, 3.63) is 29.6 Å². The van der Waals surface area contributed by atoms with Gasteiger partial charge in [-0.25, -0.2) is 4.39 Å². The lowest BCUT2D eigenvalue weighted by Gasteiger charge is -2.14. The summed E-state index contributed by atoms with van der Waals surface area (Å²) in [7, 11) is -1.00. The van der Waals surface area contributed by atoms with Crippen LogP contribution in [0.1, 0.15) is 30.6 Å². The zero-order valence-electron chi connectivity index (χ0n) is 12.0. The van der Waals surface area contributed by atoms with Crippen molar-refractivity contribution >= 4 is 22.4 Å². The highest BCUT2D eigenvalue weighted by Crippen LogP contribution is 2.19. The molecule has 6 heteroatoms. The first-order valence-electron chi connectivity index (χ1n) is 6.60. The summed E-state index contributed by atoms with van der Waals surface area (Å²) in [4.78, 5) is 12.1. The molecule has 2 atom stereocenters. The number of amides is 1. The molecule has 1 aromatic carbocycles. The zero-order valence-corrected chi connectivity index (χ0v) is 12.8. The fraction of sp³-hybridized carbons (Fsp3) is 0.500. The Hall–Kier alpha value is -1.43. The van der Waals surface area contributed by atoms with E-state index in [1.165, 1.54) is 12.1 Å². The molecule has 0 saturated heterocycles. The molecule has 1 aromatic rings. The van der Waals surface area contributed by atoms with Crippen molar-refractivity contribution in [2.45, 2.75) is 25.5 Å². The average molecular weight is 300 g/mol. The zero-order chi connectivity index (χ0) is 15.1. The van der Waals surface area contributed by atoms with E-state index < -0.39 is 16.6 Å². The molecule has 20 heavy (non-hydrogen) atoms. The second-order valence-electron chi connectivity index (χ2n) is 4.61. The highest BCUT2D eigenvalue weighted by atomic mass is 32.2. The van der Waals surface area contributed by atoms with Gasteiger partial charge in [0.15, 0.2) is 0 Å². The summed E-state index contributed by atoms with van der Waals surface area (Å²) < 4.78 is 25.0. The lowest BCUT2D eigenvalue weighted by Crippen LogP contribution is -2.33. The Kier molecular flexibility index (Phi) is 6.64. The fourth-order valence-electron chi connectivity index (χ4n) is 1.59. The minimum atomic E-state index is -1.00. The highest BCUT2D eigenvalue weighted by molar-refractivity contribution is 7.84. The van der Waals surface area contributed by atoms with Crippen molar-refractivity contribution in [1.82, 2.24) is 5.32 Å². The molecule has 2 N–H and O–H groups in total. The van der Waals surface area contributed by atoms with Gasteiger partial charge in [0, 0.05) is 35.4 Å². The number of halogens is 1. The molecule has 0 bridgehead atoms. The van der Waals surface area contributed by atoms with Gasteiger partial charge in [-0.05, 0) is 25.5 Å². The van der Waals surface area contributed by atoms with Gasteiger partial charge in [-0.3, -0.25) is 9.00 Å². The Labute approximate surface area is 121 Å². The van der Waals surface area contributed by atoms with Crippen LogP contribution in [-0.4, -0.2) is 34.7 Å². The molecular formula is C14H21FN2O2S. The molecule has 0 saturated carbocycles. The lowest BCUT2D eigenvalue weighted by molar-refractivity contribution is 0.0954. The Balaban J connectivity index is 2.81. The van der Waals surface area contributed by atoms with Gasteiger partial charge in [0.2, 0.25) is 0 Å². The summed E-state index contributed by atoms with van der Waals surface area (Å²) in [5, 5.41) is 5.47. The molecule has 1 rings (SSSR count). The van der Waals surface area contributed by atoms with E-state index in [-0.39, 0.29) is 22.4 Å². The number of hydrogen-bond donors (Lipinski definition) is 2. The number of para-hydroxylation sites is 1. The van der Waals surface area contributed by atoms with Crippen molar-refractivity contribution in [2.75, 3.05) is 24.7 Å². The Bertz CT molecular complexity index is 494. The largest absolute Gasteiger partial charge is 0.382 e. The summed E-state index contributed by atoms with van der Waals surface area (Å²) >= 11 is 0. The maximum atomic E-state index is 13.8. The molecule has 0 aliphatic heterocycles. The smallest absolute Gasteiger partial charge is 0.253 e. The normalized spacial score (nSPS) is 13.6. The van der Waals surface area contributed by atoms with Gasteiger partial charge in [-0.1, -0.05) is 13.0 Å². The highest BCUT2D eigenvalue weighted by Gasteiger charge is 2.16. The monoisotopic (exact) mass is 300 g/mol. The molecule has 0 aliphatic rings. The lowest BCUT2D eigenvalue weighted by atomic mass is 10.1. The van der Waals surface area contributed by atoms with E-state index in [0.717, 1.165) is 6.42 Å².